The molecule has 0 amide bonds. The summed E-state index contributed by atoms with van der Waals surface area (Å²) < 4.78 is 0. The largest absolute Gasteiger partial charge is 0.356 e. The smallest absolute Gasteiger partial charge is 0.193 e. The van der Waals surface area contributed by atoms with E-state index in [2.05, 4.69) is 27.0 Å². The van der Waals surface area contributed by atoms with Crippen LogP contribution in [0.2, 0.25) is 0 Å². The van der Waals surface area contributed by atoms with E-state index in [-0.39, 0.29) is 0 Å². The molecule has 2 heterocycles. The molecule has 4 nitrogen and oxygen atoms in total. The van der Waals surface area contributed by atoms with Crippen LogP contribution in [-0.2, 0) is 0 Å². The molecule has 2 aliphatic heterocycles. The lowest BCUT2D eigenvalue weighted by atomic mass is 9.68. The van der Waals surface area contributed by atoms with E-state index in [0.29, 0.717) is 5.41 Å². The van der Waals surface area contributed by atoms with Crippen LogP contribution < -0.4 is 5.32 Å². The average Bonchev–Trinajstić information content (AvgIpc) is 2.95. The number of guanidine groups is 1. The van der Waals surface area contributed by atoms with Crippen molar-refractivity contribution in [3.05, 3.63) is 0 Å². The molecule has 3 aliphatic rings. The Hall–Kier alpha value is -0.770. The van der Waals surface area contributed by atoms with Crippen LogP contribution in [0.4, 0.5) is 0 Å². The van der Waals surface area contributed by atoms with Gasteiger partial charge in [0.15, 0.2) is 5.96 Å². The standard InChI is InChI=1S/C18H34N4/c1-16-7-3-4-12-21(16)13-6-11-20-17(19-2)22-14-10-18(15-22)8-5-9-18/h16H,3-15H2,1-2H3,(H,19,20). The number of aliphatic imine (C=N–C) groups is 1. The van der Waals surface area contributed by atoms with Crippen molar-refractivity contribution >= 4 is 5.96 Å². The molecule has 4 heteroatoms. The van der Waals surface area contributed by atoms with Gasteiger partial charge in [-0.15, -0.1) is 0 Å². The van der Waals surface area contributed by atoms with E-state index < -0.39 is 0 Å². The quantitative estimate of drug-likeness (QED) is 0.492. The summed E-state index contributed by atoms with van der Waals surface area (Å²) in [5.74, 6) is 1.13. The Bertz CT molecular complexity index is 389. The highest BCUT2D eigenvalue weighted by atomic mass is 15.3. The maximum absolute atomic E-state index is 4.51. The van der Waals surface area contributed by atoms with Gasteiger partial charge in [-0.25, -0.2) is 0 Å². The normalized spacial score (nSPS) is 28.9. The van der Waals surface area contributed by atoms with Crippen molar-refractivity contribution in [2.45, 2.75) is 64.3 Å². The number of nitrogens with zero attached hydrogens (tertiary/aromatic N) is 3. The van der Waals surface area contributed by atoms with Gasteiger partial charge in [-0.2, -0.15) is 0 Å². The number of hydrogen-bond acceptors (Lipinski definition) is 2. The summed E-state index contributed by atoms with van der Waals surface area (Å²) in [5.41, 5.74) is 0.654. The number of rotatable bonds is 4. The van der Waals surface area contributed by atoms with Gasteiger partial charge in [-0.1, -0.05) is 12.8 Å². The molecule has 1 spiro atoms. The van der Waals surface area contributed by atoms with E-state index in [1.165, 1.54) is 77.5 Å². The SMILES string of the molecule is CN=C(NCCCN1CCCCC1C)N1CCC2(CCC2)C1. The Morgan fingerprint density at radius 2 is 2.05 bits per heavy atom. The minimum absolute atomic E-state index is 0.654. The van der Waals surface area contributed by atoms with Crippen LogP contribution in [0.5, 0.6) is 0 Å². The molecule has 22 heavy (non-hydrogen) atoms. The molecule has 0 bridgehead atoms. The third-order valence-corrected chi connectivity index (χ3v) is 6.21. The van der Waals surface area contributed by atoms with Crippen LogP contribution in [0.1, 0.15) is 58.3 Å². The minimum Gasteiger partial charge on any atom is -0.356 e. The fourth-order valence-corrected chi connectivity index (χ4v) is 4.51. The fraction of sp³-hybridized carbons (Fsp3) is 0.944. The zero-order valence-electron chi connectivity index (χ0n) is 14.6. The highest BCUT2D eigenvalue weighted by Crippen LogP contribution is 2.47. The summed E-state index contributed by atoms with van der Waals surface area (Å²) in [5, 5.41) is 3.60. The van der Waals surface area contributed by atoms with Gasteiger partial charge in [-0.3, -0.25) is 4.99 Å². The monoisotopic (exact) mass is 306 g/mol. The Labute approximate surface area is 136 Å². The molecule has 0 aromatic carbocycles. The molecule has 0 radical (unpaired) electrons. The van der Waals surface area contributed by atoms with Crippen LogP contribution in [0.25, 0.3) is 0 Å². The van der Waals surface area contributed by atoms with E-state index in [0.717, 1.165) is 18.5 Å². The lowest BCUT2D eigenvalue weighted by Crippen LogP contribution is -2.44. The second kappa shape index (κ2) is 7.20. The number of likely N-dealkylation sites (tertiary alicyclic amines) is 2. The first-order valence-corrected chi connectivity index (χ1v) is 9.42. The van der Waals surface area contributed by atoms with E-state index in [1.54, 1.807) is 0 Å². The predicted molar refractivity (Wildman–Crippen MR) is 93.3 cm³/mol. The van der Waals surface area contributed by atoms with Crippen LogP contribution >= 0.6 is 0 Å². The molecule has 1 N–H and O–H groups in total. The first-order chi connectivity index (χ1) is 10.7. The first kappa shape index (κ1) is 16.1. The second-order valence-corrected chi connectivity index (χ2v) is 7.73. The average molecular weight is 306 g/mol. The topological polar surface area (TPSA) is 30.9 Å². The summed E-state index contributed by atoms with van der Waals surface area (Å²) in [4.78, 5) is 9.66. The lowest BCUT2D eigenvalue weighted by Gasteiger charge is -2.38. The van der Waals surface area contributed by atoms with Crippen LogP contribution in [0, 0.1) is 5.41 Å². The third kappa shape index (κ3) is 3.58. The van der Waals surface area contributed by atoms with Gasteiger partial charge < -0.3 is 15.1 Å². The lowest BCUT2D eigenvalue weighted by molar-refractivity contribution is 0.151. The molecule has 1 aliphatic carbocycles. The molecule has 126 valence electrons. The highest BCUT2D eigenvalue weighted by Gasteiger charge is 2.43. The molecule has 1 atom stereocenters. The van der Waals surface area contributed by atoms with Gasteiger partial charge in [0, 0.05) is 39.3 Å². The van der Waals surface area contributed by atoms with Gasteiger partial charge >= 0.3 is 0 Å². The Morgan fingerprint density at radius 1 is 1.18 bits per heavy atom. The molecule has 0 aromatic heterocycles. The minimum atomic E-state index is 0.654. The zero-order chi connectivity index (χ0) is 15.4. The summed E-state index contributed by atoms with van der Waals surface area (Å²) in [6.07, 6.45) is 11.1. The molecule has 1 saturated carbocycles. The number of piperidine rings is 1. The van der Waals surface area contributed by atoms with E-state index in [4.69, 9.17) is 0 Å². The Balaban J connectivity index is 1.37. The Morgan fingerprint density at radius 3 is 2.68 bits per heavy atom. The number of nitrogens with one attached hydrogen (secondary N) is 1. The first-order valence-electron chi connectivity index (χ1n) is 9.42. The summed E-state index contributed by atoms with van der Waals surface area (Å²) in [6, 6.07) is 0.783. The predicted octanol–water partition coefficient (Wildman–Crippen LogP) is 2.70. The van der Waals surface area contributed by atoms with Crippen LogP contribution in [-0.4, -0.2) is 61.6 Å². The van der Waals surface area contributed by atoms with Crippen molar-refractivity contribution < 1.29 is 0 Å². The Kier molecular flexibility index (Phi) is 5.27. The van der Waals surface area contributed by atoms with E-state index >= 15 is 0 Å². The number of hydrogen-bond donors (Lipinski definition) is 1. The summed E-state index contributed by atoms with van der Waals surface area (Å²) in [6.45, 7) is 8.39. The zero-order valence-corrected chi connectivity index (χ0v) is 14.6. The van der Waals surface area contributed by atoms with E-state index in [9.17, 15) is 0 Å². The van der Waals surface area contributed by atoms with Crippen LogP contribution in [0.15, 0.2) is 4.99 Å². The van der Waals surface area contributed by atoms with Crippen molar-refractivity contribution in [2.24, 2.45) is 10.4 Å². The molecule has 2 saturated heterocycles. The molecular weight excluding hydrogens is 272 g/mol. The molecular formula is C18H34N4. The maximum atomic E-state index is 4.51. The second-order valence-electron chi connectivity index (χ2n) is 7.73. The van der Waals surface area contributed by atoms with Crippen molar-refractivity contribution in [3.63, 3.8) is 0 Å². The van der Waals surface area contributed by atoms with Gasteiger partial charge in [0.2, 0.25) is 0 Å². The highest BCUT2D eigenvalue weighted by molar-refractivity contribution is 5.80. The maximum Gasteiger partial charge on any atom is 0.193 e. The van der Waals surface area contributed by atoms with Crippen molar-refractivity contribution in [2.75, 3.05) is 39.8 Å². The molecule has 3 rings (SSSR count). The van der Waals surface area contributed by atoms with Gasteiger partial charge in [0.05, 0.1) is 0 Å². The van der Waals surface area contributed by atoms with Crippen molar-refractivity contribution in [1.29, 1.82) is 0 Å². The van der Waals surface area contributed by atoms with Crippen molar-refractivity contribution in [1.82, 2.24) is 15.1 Å². The molecule has 0 aromatic rings. The molecule has 1 unspecified atom stereocenters. The van der Waals surface area contributed by atoms with Gasteiger partial charge in [0.1, 0.15) is 0 Å². The van der Waals surface area contributed by atoms with Gasteiger partial charge in [0.25, 0.3) is 0 Å². The third-order valence-electron chi connectivity index (χ3n) is 6.21. The van der Waals surface area contributed by atoms with E-state index in [1.807, 2.05) is 7.05 Å². The van der Waals surface area contributed by atoms with Crippen LogP contribution in [0.3, 0.4) is 0 Å². The fourth-order valence-electron chi connectivity index (χ4n) is 4.51. The summed E-state index contributed by atoms with van der Waals surface area (Å²) in [7, 11) is 1.93. The van der Waals surface area contributed by atoms with Gasteiger partial charge in [-0.05, 0) is 57.4 Å². The summed E-state index contributed by atoms with van der Waals surface area (Å²) >= 11 is 0. The van der Waals surface area contributed by atoms with Crippen molar-refractivity contribution in [3.8, 4) is 0 Å². The molecule has 3 fully saturated rings.